The van der Waals surface area contributed by atoms with Gasteiger partial charge < -0.3 is 24.0 Å². The summed E-state index contributed by atoms with van der Waals surface area (Å²) in [4.78, 5) is 9.69. The number of benzene rings is 11. The van der Waals surface area contributed by atoms with Crippen LogP contribution in [0.4, 0.5) is 68.2 Å². The minimum Gasteiger partial charge on any atom is -0.452 e. The van der Waals surface area contributed by atoms with Gasteiger partial charge in [0.25, 0.3) is 0 Å². The summed E-state index contributed by atoms with van der Waals surface area (Å²) in [6.07, 6.45) is 0. The van der Waals surface area contributed by atoms with Crippen molar-refractivity contribution in [1.82, 2.24) is 0 Å². The molecule has 0 saturated carbocycles. The number of hydrogen-bond acceptors (Lipinski definition) is 5. The maximum Gasteiger partial charge on any atom is 0.159 e. The van der Waals surface area contributed by atoms with Gasteiger partial charge in [-0.2, -0.15) is 0 Å². The van der Waals surface area contributed by atoms with E-state index in [4.69, 9.17) is 4.42 Å². The molecule has 5 heteroatoms. The van der Waals surface area contributed by atoms with E-state index in [1.54, 1.807) is 0 Å². The van der Waals surface area contributed by atoms with Gasteiger partial charge in [0.2, 0.25) is 0 Å². The van der Waals surface area contributed by atoms with E-state index in [1.807, 2.05) is 0 Å². The molecule has 1 aromatic heterocycles. The van der Waals surface area contributed by atoms with E-state index in [-0.39, 0.29) is 0 Å². The highest BCUT2D eigenvalue weighted by atomic mass is 16.3. The average Bonchev–Trinajstić information content (AvgIpc) is 3.99. The zero-order valence-corrected chi connectivity index (χ0v) is 39.1. The Balaban J connectivity index is 0.998. The van der Waals surface area contributed by atoms with E-state index < -0.39 is 5.41 Å². The highest BCUT2D eigenvalue weighted by molar-refractivity contribution is 6.15. The van der Waals surface area contributed by atoms with Crippen LogP contribution in [0.15, 0.2) is 271 Å². The van der Waals surface area contributed by atoms with Crippen molar-refractivity contribution in [2.75, 3.05) is 19.6 Å². The molecule has 15 rings (SSSR count). The lowest BCUT2D eigenvalue weighted by Gasteiger charge is -2.49. The third-order valence-corrected chi connectivity index (χ3v) is 15.1. The van der Waals surface area contributed by atoms with E-state index in [0.717, 1.165) is 78.8 Å². The van der Waals surface area contributed by atoms with Gasteiger partial charge >= 0.3 is 0 Å². The second-order valence-electron chi connectivity index (χ2n) is 18.8. The summed E-state index contributed by atoms with van der Waals surface area (Å²) in [7, 11) is 0. The molecular weight excluding hydrogens is 877 g/mol. The summed E-state index contributed by atoms with van der Waals surface area (Å²) < 4.78 is 7.38. The molecule has 338 valence electrons. The highest BCUT2D eigenvalue weighted by Gasteiger charge is 2.54. The fourth-order valence-electron chi connectivity index (χ4n) is 12.4. The van der Waals surface area contributed by atoms with Gasteiger partial charge in [-0.15, -0.1) is 0 Å². The first-order chi connectivity index (χ1) is 35.8. The van der Waals surface area contributed by atoms with Crippen LogP contribution in [0.1, 0.15) is 22.3 Å². The van der Waals surface area contributed by atoms with Crippen LogP contribution >= 0.6 is 0 Å². The monoisotopic (exact) mass is 920 g/mol. The number of para-hydroxylation sites is 10. The first kappa shape index (κ1) is 40.3. The number of furan rings is 1. The van der Waals surface area contributed by atoms with Crippen LogP contribution in [-0.4, -0.2) is 0 Å². The van der Waals surface area contributed by atoms with Crippen molar-refractivity contribution in [2.24, 2.45) is 0 Å². The van der Waals surface area contributed by atoms with Gasteiger partial charge in [0.15, 0.2) is 11.2 Å². The standard InChI is InChI=1S/C67H44N4O/c1-5-23-45(24-6-1)68(46-25-7-2-8-26-46)61-43-19-32-49-50-33-20-44-62(66(50)72-65(49)61)70(48-29-11-4-12-30-48)59-41-21-36-54-63(59)51-31-13-14-34-52(51)67(54)53-35-15-16-38-56(53)71-58-40-18-17-39-57(58)69(47-27-9-3-10-28-47)60-42-22-37-55(67)64(60)71/h1-44H. The molecule has 0 N–H and O–H groups in total. The van der Waals surface area contributed by atoms with Crippen LogP contribution in [-0.2, 0) is 5.41 Å². The lowest BCUT2D eigenvalue weighted by atomic mass is 9.64. The van der Waals surface area contributed by atoms with Gasteiger partial charge in [-0.1, -0.05) is 176 Å². The van der Waals surface area contributed by atoms with Crippen molar-refractivity contribution in [3.63, 3.8) is 0 Å². The molecule has 2 aliphatic heterocycles. The number of nitrogens with zero attached hydrogens (tertiary/aromatic N) is 4. The van der Waals surface area contributed by atoms with Crippen LogP contribution in [0.2, 0.25) is 0 Å². The lowest BCUT2D eigenvalue weighted by molar-refractivity contribution is 0.669. The maximum absolute atomic E-state index is 7.38. The van der Waals surface area contributed by atoms with Crippen molar-refractivity contribution in [2.45, 2.75) is 5.41 Å². The Labute approximate surface area is 417 Å². The third-order valence-electron chi connectivity index (χ3n) is 15.1. The summed E-state index contributed by atoms with van der Waals surface area (Å²) in [5.74, 6) is 0. The van der Waals surface area contributed by atoms with Crippen LogP contribution in [0.25, 0.3) is 33.1 Å². The summed E-state index contributed by atoms with van der Waals surface area (Å²) in [6.45, 7) is 0. The normalized spacial score (nSPS) is 14.7. The SMILES string of the molecule is c1ccc(N2c3ccccc3N3c4ccccc4C4(c5ccccc5-c5c(N(c6ccccc6)c6cccc7c6oc6c(N(c8ccccc8)c8ccccc8)cccc67)cccc54)c4cccc2c43)cc1. The first-order valence-electron chi connectivity index (χ1n) is 24.7. The molecule has 1 aliphatic carbocycles. The van der Waals surface area contributed by atoms with Crippen molar-refractivity contribution >= 4 is 90.2 Å². The molecule has 72 heavy (non-hydrogen) atoms. The van der Waals surface area contributed by atoms with Crippen molar-refractivity contribution in [3.05, 3.63) is 289 Å². The highest BCUT2D eigenvalue weighted by Crippen LogP contribution is 2.69. The van der Waals surface area contributed by atoms with E-state index in [1.165, 1.54) is 44.8 Å². The van der Waals surface area contributed by atoms with Crippen LogP contribution in [0.3, 0.4) is 0 Å². The maximum atomic E-state index is 7.38. The average molecular weight is 921 g/mol. The summed E-state index contributed by atoms with van der Waals surface area (Å²) in [6, 6.07) is 96.8. The minimum atomic E-state index is -0.671. The van der Waals surface area contributed by atoms with Gasteiger partial charge in [-0.25, -0.2) is 0 Å². The van der Waals surface area contributed by atoms with E-state index >= 15 is 0 Å². The third kappa shape index (κ3) is 5.59. The Kier molecular flexibility index (Phi) is 8.80. The molecule has 12 aromatic rings. The summed E-state index contributed by atoms with van der Waals surface area (Å²) in [5, 5.41) is 2.11. The van der Waals surface area contributed by atoms with Gasteiger partial charge in [0.1, 0.15) is 0 Å². The number of hydrogen-bond donors (Lipinski definition) is 0. The van der Waals surface area contributed by atoms with Crippen molar-refractivity contribution < 1.29 is 4.42 Å². The molecule has 5 nitrogen and oxygen atoms in total. The molecule has 1 atom stereocenters. The van der Waals surface area contributed by atoms with Gasteiger partial charge in [-0.05, 0) is 119 Å². The molecule has 0 amide bonds. The zero-order valence-electron chi connectivity index (χ0n) is 39.1. The molecule has 1 spiro atoms. The Bertz CT molecular complexity index is 4040. The summed E-state index contributed by atoms with van der Waals surface area (Å²) in [5.41, 5.74) is 21.5. The Morgan fingerprint density at radius 3 is 1.40 bits per heavy atom. The van der Waals surface area contributed by atoms with E-state index in [9.17, 15) is 0 Å². The Hall–Kier alpha value is -9.58. The first-order valence-corrected chi connectivity index (χ1v) is 24.7. The summed E-state index contributed by atoms with van der Waals surface area (Å²) >= 11 is 0. The molecule has 3 heterocycles. The molecule has 3 aliphatic rings. The number of anilines is 12. The number of rotatable bonds is 7. The van der Waals surface area contributed by atoms with Crippen molar-refractivity contribution in [1.29, 1.82) is 0 Å². The van der Waals surface area contributed by atoms with Crippen LogP contribution in [0.5, 0.6) is 0 Å². The second-order valence-corrected chi connectivity index (χ2v) is 18.8. The molecule has 0 fully saturated rings. The quantitative estimate of drug-likeness (QED) is 0.159. The van der Waals surface area contributed by atoms with E-state index in [0.29, 0.717) is 0 Å². The van der Waals surface area contributed by atoms with Crippen molar-refractivity contribution in [3.8, 4) is 11.1 Å². The molecular formula is C67H44N4O. The van der Waals surface area contributed by atoms with Gasteiger partial charge in [0.05, 0.1) is 50.9 Å². The molecule has 0 bridgehead atoms. The van der Waals surface area contributed by atoms with E-state index in [2.05, 4.69) is 287 Å². The predicted molar refractivity (Wildman–Crippen MR) is 297 cm³/mol. The topological polar surface area (TPSA) is 26.1 Å². The van der Waals surface area contributed by atoms with Crippen LogP contribution < -0.4 is 19.6 Å². The molecule has 1 unspecified atom stereocenters. The fourth-order valence-corrected chi connectivity index (χ4v) is 12.4. The Morgan fingerprint density at radius 2 is 0.750 bits per heavy atom. The molecule has 0 saturated heterocycles. The lowest BCUT2D eigenvalue weighted by Crippen LogP contribution is -2.38. The Morgan fingerprint density at radius 1 is 0.306 bits per heavy atom. The molecule has 11 aromatic carbocycles. The largest absolute Gasteiger partial charge is 0.452 e. The van der Waals surface area contributed by atoms with Crippen LogP contribution in [0, 0.1) is 0 Å². The predicted octanol–water partition coefficient (Wildman–Crippen LogP) is 18.5. The van der Waals surface area contributed by atoms with Gasteiger partial charge in [-0.3, -0.25) is 0 Å². The smallest absolute Gasteiger partial charge is 0.159 e. The minimum absolute atomic E-state index is 0.671. The molecule has 0 radical (unpaired) electrons. The van der Waals surface area contributed by atoms with Gasteiger partial charge in [0, 0.05) is 39.1 Å². The fraction of sp³-hybridized carbons (Fsp3) is 0.0149. The second kappa shape index (κ2) is 15.7. The zero-order chi connectivity index (χ0) is 47.3. The number of fused-ring (bicyclic) bond motifs is 14.